The van der Waals surface area contributed by atoms with E-state index in [2.05, 4.69) is 5.32 Å². The molecule has 2 N–H and O–H groups in total. The molecular formula is C12H24N2O4. The lowest BCUT2D eigenvalue weighted by Crippen LogP contribution is -2.41. The number of carbonyl (C=O) groups is 2. The lowest BCUT2D eigenvalue weighted by molar-refractivity contribution is -0.141. The molecule has 0 fully saturated rings. The molecule has 0 saturated carbocycles. The number of carbonyl (C=O) groups excluding carboxylic acids is 1. The molecule has 1 unspecified atom stereocenters. The van der Waals surface area contributed by atoms with E-state index >= 15 is 0 Å². The Morgan fingerprint density at radius 2 is 1.94 bits per heavy atom. The molecule has 0 aliphatic heterocycles. The predicted octanol–water partition coefficient (Wildman–Crippen LogP) is 1.16. The van der Waals surface area contributed by atoms with E-state index in [1.54, 1.807) is 14.0 Å². The van der Waals surface area contributed by atoms with Gasteiger partial charge in [0.2, 0.25) is 0 Å². The van der Waals surface area contributed by atoms with E-state index in [9.17, 15) is 9.59 Å². The Hall–Kier alpha value is -1.30. The minimum absolute atomic E-state index is 0.194. The smallest absolute Gasteiger partial charge is 0.317 e. The molecule has 0 aromatic heterocycles. The third kappa shape index (κ3) is 7.89. The molecule has 0 aliphatic rings. The van der Waals surface area contributed by atoms with Crippen LogP contribution in [-0.2, 0) is 9.53 Å². The summed E-state index contributed by atoms with van der Waals surface area (Å²) in [5.41, 5.74) is 0. The average Bonchev–Trinajstić information content (AvgIpc) is 2.27. The number of hydrogen-bond donors (Lipinski definition) is 2. The number of aliphatic carboxylic acids is 1. The summed E-state index contributed by atoms with van der Waals surface area (Å²) in [6.07, 6.45) is 0.937. The average molecular weight is 260 g/mol. The fraction of sp³-hybridized carbons (Fsp3) is 0.833. The van der Waals surface area contributed by atoms with Crippen LogP contribution < -0.4 is 5.32 Å². The van der Waals surface area contributed by atoms with Crippen molar-refractivity contribution in [3.8, 4) is 0 Å². The topological polar surface area (TPSA) is 78.9 Å². The summed E-state index contributed by atoms with van der Waals surface area (Å²) in [6, 6.07) is -0.257. The van der Waals surface area contributed by atoms with Gasteiger partial charge in [-0.2, -0.15) is 0 Å². The van der Waals surface area contributed by atoms with Crippen LogP contribution in [-0.4, -0.2) is 54.9 Å². The molecule has 2 amide bonds. The fourth-order valence-corrected chi connectivity index (χ4v) is 1.29. The van der Waals surface area contributed by atoms with Crippen molar-refractivity contribution in [3.05, 3.63) is 0 Å². The number of urea groups is 1. The summed E-state index contributed by atoms with van der Waals surface area (Å²) >= 11 is 0. The van der Waals surface area contributed by atoms with Gasteiger partial charge < -0.3 is 20.1 Å². The van der Waals surface area contributed by atoms with Gasteiger partial charge in [0, 0.05) is 26.7 Å². The fourth-order valence-electron chi connectivity index (χ4n) is 1.29. The molecule has 0 radical (unpaired) electrons. The van der Waals surface area contributed by atoms with Crippen LogP contribution in [0.4, 0.5) is 4.79 Å². The molecular weight excluding hydrogens is 236 g/mol. The minimum Gasteiger partial charge on any atom is -0.481 e. The van der Waals surface area contributed by atoms with E-state index in [0.717, 1.165) is 6.42 Å². The quantitative estimate of drug-likeness (QED) is 0.642. The third-order valence-electron chi connectivity index (χ3n) is 2.36. The predicted molar refractivity (Wildman–Crippen MR) is 68.5 cm³/mol. The van der Waals surface area contributed by atoms with Crippen molar-refractivity contribution in [3.63, 3.8) is 0 Å². The Bertz CT molecular complexity index is 269. The summed E-state index contributed by atoms with van der Waals surface area (Å²) < 4.78 is 5.34. The minimum atomic E-state index is -0.903. The molecule has 18 heavy (non-hydrogen) atoms. The lowest BCUT2D eigenvalue weighted by Gasteiger charge is -2.20. The SMILES string of the molecule is CC(C)OCCCNC(=O)N(C)CC(C)C(=O)O. The highest BCUT2D eigenvalue weighted by Gasteiger charge is 2.16. The van der Waals surface area contributed by atoms with Crippen molar-refractivity contribution in [2.24, 2.45) is 5.92 Å². The molecule has 0 aromatic carbocycles. The van der Waals surface area contributed by atoms with Crippen molar-refractivity contribution in [2.75, 3.05) is 26.7 Å². The van der Waals surface area contributed by atoms with Crippen molar-refractivity contribution < 1.29 is 19.4 Å². The van der Waals surface area contributed by atoms with Crippen LogP contribution in [0.2, 0.25) is 0 Å². The standard InChI is InChI=1S/C12H24N2O4/c1-9(2)18-7-5-6-13-12(17)14(4)8-10(3)11(15)16/h9-10H,5-8H2,1-4H3,(H,13,17)(H,15,16). The Labute approximate surface area is 108 Å². The molecule has 6 heteroatoms. The molecule has 1 atom stereocenters. The van der Waals surface area contributed by atoms with Gasteiger partial charge in [-0.1, -0.05) is 6.92 Å². The second-order valence-electron chi connectivity index (χ2n) is 4.62. The zero-order valence-electron chi connectivity index (χ0n) is 11.6. The summed E-state index contributed by atoms with van der Waals surface area (Å²) in [5, 5.41) is 11.5. The van der Waals surface area contributed by atoms with Gasteiger partial charge in [0.25, 0.3) is 0 Å². The molecule has 0 rings (SSSR count). The van der Waals surface area contributed by atoms with E-state index in [1.807, 2.05) is 13.8 Å². The highest BCUT2D eigenvalue weighted by atomic mass is 16.5. The second-order valence-corrected chi connectivity index (χ2v) is 4.62. The Morgan fingerprint density at radius 3 is 2.44 bits per heavy atom. The monoisotopic (exact) mass is 260 g/mol. The van der Waals surface area contributed by atoms with Gasteiger partial charge in [-0.15, -0.1) is 0 Å². The highest BCUT2D eigenvalue weighted by Crippen LogP contribution is 1.98. The number of nitrogens with zero attached hydrogens (tertiary/aromatic N) is 1. The number of ether oxygens (including phenoxy) is 1. The number of carboxylic acid groups (broad SMARTS) is 1. The maximum Gasteiger partial charge on any atom is 0.317 e. The van der Waals surface area contributed by atoms with Crippen LogP contribution in [0.3, 0.4) is 0 Å². The Balaban J connectivity index is 3.71. The number of rotatable bonds is 8. The van der Waals surface area contributed by atoms with Gasteiger partial charge in [0.1, 0.15) is 0 Å². The summed E-state index contributed by atoms with van der Waals surface area (Å²) in [7, 11) is 1.58. The van der Waals surface area contributed by atoms with Crippen molar-refractivity contribution in [1.82, 2.24) is 10.2 Å². The number of amides is 2. The second kappa shape index (κ2) is 8.74. The molecule has 106 valence electrons. The Kier molecular flexibility index (Phi) is 8.11. The molecule has 0 aliphatic carbocycles. The summed E-state index contributed by atoms with van der Waals surface area (Å²) in [5.74, 6) is -1.47. The molecule has 0 heterocycles. The normalized spacial score (nSPS) is 12.3. The van der Waals surface area contributed by atoms with Crippen LogP contribution in [0.5, 0.6) is 0 Å². The van der Waals surface area contributed by atoms with Crippen LogP contribution in [0.15, 0.2) is 0 Å². The van der Waals surface area contributed by atoms with E-state index in [-0.39, 0.29) is 18.7 Å². The first-order valence-corrected chi connectivity index (χ1v) is 6.18. The summed E-state index contributed by atoms with van der Waals surface area (Å²) in [6.45, 7) is 6.82. The van der Waals surface area contributed by atoms with Gasteiger partial charge >= 0.3 is 12.0 Å². The number of hydrogen-bond acceptors (Lipinski definition) is 3. The van der Waals surface area contributed by atoms with Crippen molar-refractivity contribution >= 4 is 12.0 Å². The van der Waals surface area contributed by atoms with Crippen molar-refractivity contribution in [1.29, 1.82) is 0 Å². The van der Waals surface area contributed by atoms with Crippen LogP contribution >= 0.6 is 0 Å². The molecule has 0 saturated heterocycles. The van der Waals surface area contributed by atoms with Crippen LogP contribution in [0.25, 0.3) is 0 Å². The molecule has 0 bridgehead atoms. The third-order valence-corrected chi connectivity index (χ3v) is 2.36. The maximum absolute atomic E-state index is 11.6. The molecule has 0 aromatic rings. The highest BCUT2D eigenvalue weighted by molar-refractivity contribution is 5.75. The van der Waals surface area contributed by atoms with Gasteiger partial charge in [0.05, 0.1) is 12.0 Å². The van der Waals surface area contributed by atoms with E-state index in [0.29, 0.717) is 13.2 Å². The first-order valence-electron chi connectivity index (χ1n) is 6.18. The van der Waals surface area contributed by atoms with Crippen molar-refractivity contribution in [2.45, 2.75) is 33.3 Å². The Morgan fingerprint density at radius 1 is 1.33 bits per heavy atom. The number of carboxylic acids is 1. The zero-order valence-corrected chi connectivity index (χ0v) is 11.6. The van der Waals surface area contributed by atoms with Crippen LogP contribution in [0, 0.1) is 5.92 Å². The lowest BCUT2D eigenvalue weighted by atomic mass is 10.2. The first-order chi connectivity index (χ1) is 8.34. The molecule has 0 spiro atoms. The number of nitrogens with one attached hydrogen (secondary N) is 1. The van der Waals surface area contributed by atoms with Gasteiger partial charge in [0.15, 0.2) is 0 Å². The van der Waals surface area contributed by atoms with E-state index in [4.69, 9.17) is 9.84 Å². The maximum atomic E-state index is 11.6. The van der Waals surface area contributed by atoms with Crippen LogP contribution in [0.1, 0.15) is 27.2 Å². The van der Waals surface area contributed by atoms with Gasteiger partial charge in [-0.3, -0.25) is 4.79 Å². The summed E-state index contributed by atoms with van der Waals surface area (Å²) in [4.78, 5) is 23.6. The van der Waals surface area contributed by atoms with Gasteiger partial charge in [-0.25, -0.2) is 4.79 Å². The molecule has 6 nitrogen and oxygen atoms in total. The largest absolute Gasteiger partial charge is 0.481 e. The zero-order chi connectivity index (χ0) is 14.1. The van der Waals surface area contributed by atoms with Gasteiger partial charge in [-0.05, 0) is 20.3 Å². The van der Waals surface area contributed by atoms with E-state index < -0.39 is 11.9 Å². The first kappa shape index (κ1) is 16.7. The van der Waals surface area contributed by atoms with E-state index in [1.165, 1.54) is 4.90 Å².